The van der Waals surface area contributed by atoms with Crippen LogP contribution < -0.4 is 0 Å². The van der Waals surface area contributed by atoms with Crippen molar-refractivity contribution in [2.45, 2.75) is 33.6 Å². The highest BCUT2D eigenvalue weighted by molar-refractivity contribution is 5.83. The van der Waals surface area contributed by atoms with Gasteiger partial charge in [-0.05, 0) is 31.4 Å². The SMILES string of the molecule is CC(=O)C(c1ccc([N+](=O)[O-])c(C)c1)C(C)C. The Morgan fingerprint density at radius 2 is 1.94 bits per heavy atom. The third kappa shape index (κ3) is 2.90. The van der Waals surface area contributed by atoms with Crippen LogP contribution in [-0.2, 0) is 4.79 Å². The van der Waals surface area contributed by atoms with Crippen LogP contribution >= 0.6 is 0 Å². The number of aryl methyl sites for hydroxylation is 1. The second-order valence-electron chi connectivity index (χ2n) is 4.64. The minimum atomic E-state index is -0.405. The molecular weight excluding hydrogens is 218 g/mol. The van der Waals surface area contributed by atoms with E-state index >= 15 is 0 Å². The van der Waals surface area contributed by atoms with Crippen LogP contribution in [0.1, 0.15) is 37.8 Å². The fraction of sp³-hybridized carbons (Fsp3) is 0.462. The molecule has 0 aromatic heterocycles. The first-order valence-corrected chi connectivity index (χ1v) is 5.60. The molecule has 1 rings (SSSR count). The summed E-state index contributed by atoms with van der Waals surface area (Å²) in [6.07, 6.45) is 0. The summed E-state index contributed by atoms with van der Waals surface area (Å²) in [7, 11) is 0. The second kappa shape index (κ2) is 5.08. The van der Waals surface area contributed by atoms with E-state index in [0.29, 0.717) is 5.56 Å². The minimum absolute atomic E-state index is 0.0910. The Morgan fingerprint density at radius 3 is 2.29 bits per heavy atom. The molecule has 4 nitrogen and oxygen atoms in total. The number of nitro groups is 1. The predicted octanol–water partition coefficient (Wildman–Crippen LogP) is 3.23. The Hall–Kier alpha value is -1.71. The van der Waals surface area contributed by atoms with Crippen molar-refractivity contribution in [2.75, 3.05) is 0 Å². The number of carbonyl (C=O) groups is 1. The lowest BCUT2D eigenvalue weighted by Gasteiger charge is -2.18. The molecule has 0 heterocycles. The molecule has 1 aromatic carbocycles. The molecule has 0 saturated carbocycles. The van der Waals surface area contributed by atoms with Gasteiger partial charge in [0.2, 0.25) is 0 Å². The van der Waals surface area contributed by atoms with E-state index in [1.807, 2.05) is 13.8 Å². The normalized spacial score (nSPS) is 12.5. The Labute approximate surface area is 101 Å². The van der Waals surface area contributed by atoms with E-state index in [9.17, 15) is 14.9 Å². The third-order valence-corrected chi connectivity index (χ3v) is 2.88. The summed E-state index contributed by atoms with van der Waals surface area (Å²) in [5, 5.41) is 10.7. The fourth-order valence-electron chi connectivity index (χ4n) is 2.17. The number of nitro benzene ring substituents is 1. The maximum atomic E-state index is 11.6. The van der Waals surface area contributed by atoms with Crippen molar-refractivity contribution in [3.05, 3.63) is 39.4 Å². The lowest BCUT2D eigenvalue weighted by atomic mass is 9.85. The maximum Gasteiger partial charge on any atom is 0.272 e. The number of rotatable bonds is 4. The predicted molar refractivity (Wildman–Crippen MR) is 66.1 cm³/mol. The quantitative estimate of drug-likeness (QED) is 0.594. The van der Waals surface area contributed by atoms with Crippen molar-refractivity contribution in [2.24, 2.45) is 5.92 Å². The zero-order chi connectivity index (χ0) is 13.2. The zero-order valence-corrected chi connectivity index (χ0v) is 10.6. The lowest BCUT2D eigenvalue weighted by molar-refractivity contribution is -0.385. The molecule has 1 unspecified atom stereocenters. The topological polar surface area (TPSA) is 60.2 Å². The van der Waals surface area contributed by atoms with E-state index in [1.54, 1.807) is 26.0 Å². The molecule has 0 spiro atoms. The van der Waals surface area contributed by atoms with Gasteiger partial charge >= 0.3 is 0 Å². The molecule has 1 aromatic rings. The van der Waals surface area contributed by atoms with E-state index in [0.717, 1.165) is 5.56 Å². The van der Waals surface area contributed by atoms with Gasteiger partial charge < -0.3 is 0 Å². The van der Waals surface area contributed by atoms with Gasteiger partial charge in [-0.2, -0.15) is 0 Å². The molecule has 0 fully saturated rings. The van der Waals surface area contributed by atoms with Gasteiger partial charge in [0.25, 0.3) is 5.69 Å². The molecule has 0 saturated heterocycles. The Morgan fingerprint density at radius 1 is 1.35 bits per heavy atom. The van der Waals surface area contributed by atoms with Crippen LogP contribution in [0.3, 0.4) is 0 Å². The molecule has 0 aliphatic rings. The average molecular weight is 235 g/mol. The van der Waals surface area contributed by atoms with Gasteiger partial charge in [-0.1, -0.05) is 19.9 Å². The minimum Gasteiger partial charge on any atom is -0.299 e. The summed E-state index contributed by atoms with van der Waals surface area (Å²) in [5.41, 5.74) is 1.55. The van der Waals surface area contributed by atoms with E-state index in [1.165, 1.54) is 6.07 Å². The molecule has 0 N–H and O–H groups in total. The molecule has 0 aliphatic heterocycles. The van der Waals surface area contributed by atoms with Crippen molar-refractivity contribution < 1.29 is 9.72 Å². The van der Waals surface area contributed by atoms with Gasteiger partial charge in [0.05, 0.1) is 4.92 Å². The highest BCUT2D eigenvalue weighted by atomic mass is 16.6. The highest BCUT2D eigenvalue weighted by Crippen LogP contribution is 2.29. The van der Waals surface area contributed by atoms with Gasteiger partial charge in [-0.3, -0.25) is 14.9 Å². The van der Waals surface area contributed by atoms with Crippen molar-refractivity contribution in [1.29, 1.82) is 0 Å². The molecular formula is C13H17NO3. The lowest BCUT2D eigenvalue weighted by Crippen LogP contribution is -2.15. The van der Waals surface area contributed by atoms with Crippen LogP contribution in [0, 0.1) is 23.0 Å². The number of carbonyl (C=O) groups excluding carboxylic acids is 1. The standard InChI is InChI=1S/C13H17NO3/c1-8(2)13(10(4)15)11-5-6-12(14(16)17)9(3)7-11/h5-8,13H,1-4H3. The number of hydrogen-bond donors (Lipinski definition) is 0. The molecule has 0 bridgehead atoms. The number of nitrogens with zero attached hydrogens (tertiary/aromatic N) is 1. The first-order chi connectivity index (χ1) is 7.84. The van der Waals surface area contributed by atoms with Gasteiger partial charge in [0.1, 0.15) is 5.78 Å². The number of Topliss-reactive ketones (excluding diaryl/α,β-unsaturated/α-hetero) is 1. The summed E-state index contributed by atoms with van der Waals surface area (Å²) in [4.78, 5) is 21.9. The average Bonchev–Trinajstić information content (AvgIpc) is 2.15. The molecule has 92 valence electrons. The molecule has 17 heavy (non-hydrogen) atoms. The monoisotopic (exact) mass is 235 g/mol. The van der Waals surface area contributed by atoms with Gasteiger partial charge in [-0.25, -0.2) is 0 Å². The molecule has 4 heteroatoms. The summed E-state index contributed by atoms with van der Waals surface area (Å²) in [5.74, 6) is 0.0936. The largest absolute Gasteiger partial charge is 0.299 e. The summed E-state index contributed by atoms with van der Waals surface area (Å²) in [6.45, 7) is 7.20. The summed E-state index contributed by atoms with van der Waals surface area (Å²) >= 11 is 0. The Kier molecular flexibility index (Phi) is 3.99. The van der Waals surface area contributed by atoms with Crippen LogP contribution in [0.4, 0.5) is 5.69 Å². The molecule has 0 amide bonds. The molecule has 1 atom stereocenters. The van der Waals surface area contributed by atoms with Crippen LogP contribution in [0.25, 0.3) is 0 Å². The van der Waals surface area contributed by atoms with Gasteiger partial charge in [-0.15, -0.1) is 0 Å². The van der Waals surface area contributed by atoms with Crippen LogP contribution in [-0.4, -0.2) is 10.7 Å². The van der Waals surface area contributed by atoms with E-state index in [-0.39, 0.29) is 23.3 Å². The third-order valence-electron chi connectivity index (χ3n) is 2.88. The first-order valence-electron chi connectivity index (χ1n) is 5.60. The molecule has 0 aliphatic carbocycles. The maximum absolute atomic E-state index is 11.6. The molecule has 0 radical (unpaired) electrons. The van der Waals surface area contributed by atoms with Gasteiger partial charge in [0.15, 0.2) is 0 Å². The van der Waals surface area contributed by atoms with E-state index in [2.05, 4.69) is 0 Å². The van der Waals surface area contributed by atoms with Crippen molar-refractivity contribution in [3.63, 3.8) is 0 Å². The second-order valence-corrected chi connectivity index (χ2v) is 4.64. The summed E-state index contributed by atoms with van der Waals surface area (Å²) in [6, 6.07) is 4.89. The number of benzene rings is 1. The van der Waals surface area contributed by atoms with E-state index < -0.39 is 4.92 Å². The smallest absolute Gasteiger partial charge is 0.272 e. The Bertz CT molecular complexity index is 452. The van der Waals surface area contributed by atoms with Gasteiger partial charge in [0, 0.05) is 17.5 Å². The Balaban J connectivity index is 3.20. The fourth-order valence-corrected chi connectivity index (χ4v) is 2.17. The van der Waals surface area contributed by atoms with Crippen molar-refractivity contribution in [1.82, 2.24) is 0 Å². The first kappa shape index (κ1) is 13.4. The zero-order valence-electron chi connectivity index (χ0n) is 10.6. The van der Waals surface area contributed by atoms with Crippen LogP contribution in [0.5, 0.6) is 0 Å². The number of hydrogen-bond acceptors (Lipinski definition) is 3. The summed E-state index contributed by atoms with van der Waals surface area (Å²) < 4.78 is 0. The van der Waals surface area contributed by atoms with Crippen LogP contribution in [0.15, 0.2) is 18.2 Å². The van der Waals surface area contributed by atoms with Crippen LogP contribution in [0.2, 0.25) is 0 Å². The highest BCUT2D eigenvalue weighted by Gasteiger charge is 2.22. The number of ketones is 1. The van der Waals surface area contributed by atoms with E-state index in [4.69, 9.17) is 0 Å². The van der Waals surface area contributed by atoms with Crippen molar-refractivity contribution in [3.8, 4) is 0 Å². The van der Waals surface area contributed by atoms with Crippen molar-refractivity contribution >= 4 is 11.5 Å².